The number of nitrogens with zero attached hydrogens (tertiary/aromatic N) is 3. The van der Waals surface area contributed by atoms with Crippen molar-refractivity contribution in [3.05, 3.63) is 81.3 Å². The number of phenolic OH excluding ortho intramolecular Hbond substituents is 1. The fraction of sp³-hybridized carbons (Fsp3) is 0.628. The summed E-state index contributed by atoms with van der Waals surface area (Å²) in [6, 6.07) is 3.83. The van der Waals surface area contributed by atoms with Gasteiger partial charge in [-0.3, -0.25) is 58.3 Å². The van der Waals surface area contributed by atoms with Crippen molar-refractivity contribution < 1.29 is 102 Å². The summed E-state index contributed by atoms with van der Waals surface area (Å²) in [7, 11) is 4.46. The van der Waals surface area contributed by atoms with Crippen molar-refractivity contribution in [1.82, 2.24) is 73.5 Å². The van der Waals surface area contributed by atoms with Gasteiger partial charge in [-0.25, -0.2) is 29.6 Å². The number of hydrazine groups is 1. The van der Waals surface area contributed by atoms with Crippen LogP contribution in [0.3, 0.4) is 0 Å². The predicted molar refractivity (Wildman–Crippen MR) is 437 cm³/mol. The number of aliphatic carboxylic acids is 4. The zero-order valence-electron chi connectivity index (χ0n) is 67.8. The molecule has 1 aliphatic heterocycles. The first kappa shape index (κ1) is 98.8. The lowest BCUT2D eigenvalue weighted by Gasteiger charge is -2.39. The van der Waals surface area contributed by atoms with Crippen molar-refractivity contribution in [3.8, 4) is 5.75 Å². The molecule has 2 aromatic carbocycles. The SMILES string of the molecule is CCCCCCOCN(C(=O)C(NC(=O)[C@H]1CCCCN1C)[C@@H](C)CC)[C@H](CCc1nc(C(=O)N[C@@H](Cc2ccc(O)cc2)C[C@H](C)C(=O)NNC(=O)OCCSSC[C@@H](C)NC(=O)[C@H](CC(=O)O)NC(=O)C(CC(=O)O)NC(=O)Cc2ccc(CNC(=O)NCCCC[C@@H](C)NC(=O)N[C@@H](CCC(=O)O)C(=O)O)cc2)cs1)C(C)C. The Bertz CT molecular complexity index is 3660. The first-order chi connectivity index (χ1) is 55.2. The number of unbranched alkanes of at least 4 members (excludes halogenated alkanes) is 4. The molecule has 1 aliphatic rings. The Hall–Kier alpha value is -9.53. The molecule has 1 aromatic heterocycles. The standard InChI is InChI=1S/C78H120N14O21S3/c1-10-12-13-18-35-112-46-92(74(106)68(48(5)11-2)88-73(105)62-20-15-17-34-91(62)9)61(47(3)4)30-31-64-85-60(45-114-64)72(104)83-55(39-52-25-27-56(93)28-26-52)38-49(6)69(101)89-90-78(111)113-36-37-115-116-44-51(8)81-70(102)59(42-67(99)100)86-71(103)58(41-66(97)98)84-63(94)40-53-21-23-54(24-22-53)43-80-76(109)79-33-16-14-19-50(7)82-77(110)87-57(75(107)108)29-32-65(95)96/h21-28,45,47-51,55,57-59,61-62,68,93H,10-20,29-44,46H2,1-9H3,(H,81,102)(H,83,104)(H,84,94)(H,86,103)(H,88,105)(H,89,101)(H,90,111)(H,95,96)(H,97,98)(H,99,100)(H,107,108)(H2,79,80,109)(H2,82,87,110)/t48-,49-,50+,51+,55+,57-,58?,59-,61+,62+,68?/m0/s1. The molecule has 3 aromatic rings. The number of likely N-dealkylation sites (tertiary alicyclic amines) is 1. The van der Waals surface area contributed by atoms with Gasteiger partial charge >= 0.3 is 42.0 Å². The Morgan fingerprint density at radius 1 is 0.655 bits per heavy atom. The lowest BCUT2D eigenvalue weighted by Crippen LogP contribution is -2.59. The summed E-state index contributed by atoms with van der Waals surface area (Å²) in [5.41, 5.74) is 6.61. The number of ether oxygens (including phenoxy) is 2. The number of aromatic nitrogens is 1. The number of likely N-dealkylation sites (N-methyl/N-ethyl adjacent to an activating group) is 1. The molecular weight excluding hydrogens is 1570 g/mol. The Balaban J connectivity index is 1.21. The number of aryl methyl sites for hydroxylation is 1. The fourth-order valence-electron chi connectivity index (χ4n) is 12.5. The van der Waals surface area contributed by atoms with E-state index in [0.29, 0.717) is 67.8 Å². The minimum Gasteiger partial charge on any atom is -0.508 e. The van der Waals surface area contributed by atoms with E-state index in [2.05, 4.69) is 70.5 Å². The summed E-state index contributed by atoms with van der Waals surface area (Å²) < 4.78 is 11.5. The van der Waals surface area contributed by atoms with Crippen LogP contribution in [-0.2, 0) is 83.2 Å². The Labute approximate surface area is 689 Å². The number of carbonyl (C=O) groups excluding carboxylic acids is 10. The zero-order valence-corrected chi connectivity index (χ0v) is 70.2. The monoisotopic (exact) mass is 1680 g/mol. The second kappa shape index (κ2) is 53.7. The number of phenols is 1. The van der Waals surface area contributed by atoms with E-state index in [-0.39, 0.29) is 110 Å². The molecule has 646 valence electrons. The first-order valence-electron chi connectivity index (χ1n) is 39.5. The van der Waals surface area contributed by atoms with E-state index in [0.717, 1.165) is 57.1 Å². The van der Waals surface area contributed by atoms with Gasteiger partial charge in [0.15, 0.2) is 0 Å². The van der Waals surface area contributed by atoms with E-state index in [1.807, 2.05) is 34.7 Å². The lowest BCUT2D eigenvalue weighted by atomic mass is 9.93. The number of benzene rings is 2. The molecule has 2 heterocycles. The Kier molecular flexibility index (Phi) is 45.7. The largest absolute Gasteiger partial charge is 0.508 e. The maximum absolute atomic E-state index is 14.9. The molecule has 38 heteroatoms. The molecule has 0 radical (unpaired) electrons. The van der Waals surface area contributed by atoms with Crippen LogP contribution in [0.1, 0.15) is 197 Å². The molecule has 0 aliphatic carbocycles. The van der Waals surface area contributed by atoms with E-state index < -0.39 is 133 Å². The van der Waals surface area contributed by atoms with Crippen LogP contribution in [0.2, 0.25) is 0 Å². The second-order valence-electron chi connectivity index (χ2n) is 29.5. The molecule has 16 N–H and O–H groups in total. The summed E-state index contributed by atoms with van der Waals surface area (Å²) in [6.07, 6.45) is 6.44. The molecule has 0 bridgehead atoms. The van der Waals surface area contributed by atoms with Crippen LogP contribution in [0.15, 0.2) is 53.9 Å². The highest BCUT2D eigenvalue weighted by atomic mass is 33.1. The van der Waals surface area contributed by atoms with Gasteiger partial charge in [0, 0.05) is 79.5 Å². The van der Waals surface area contributed by atoms with Crippen molar-refractivity contribution in [1.29, 1.82) is 0 Å². The number of hydrogen-bond donors (Lipinski definition) is 16. The number of carboxylic acid groups (broad SMARTS) is 4. The average Bonchev–Trinajstić information content (AvgIpc) is 1.00. The number of carbonyl (C=O) groups is 14. The molecule has 12 amide bonds. The van der Waals surface area contributed by atoms with Crippen LogP contribution in [0.25, 0.3) is 0 Å². The highest BCUT2D eigenvalue weighted by molar-refractivity contribution is 8.76. The van der Waals surface area contributed by atoms with Gasteiger partial charge in [0.05, 0.1) is 30.3 Å². The predicted octanol–water partition coefficient (Wildman–Crippen LogP) is 6.35. The fourth-order valence-corrected chi connectivity index (χ4v) is 15.4. The summed E-state index contributed by atoms with van der Waals surface area (Å²) in [5, 5.41) is 73.4. The number of carboxylic acids is 4. The molecule has 1 fully saturated rings. The number of nitrogens with one attached hydrogen (secondary N) is 11. The topological polar surface area (TPSA) is 510 Å². The number of urea groups is 2. The zero-order chi connectivity index (χ0) is 85.8. The van der Waals surface area contributed by atoms with Crippen LogP contribution in [0.4, 0.5) is 14.4 Å². The maximum Gasteiger partial charge on any atom is 0.426 e. The van der Waals surface area contributed by atoms with E-state index in [1.54, 1.807) is 67.4 Å². The summed E-state index contributed by atoms with van der Waals surface area (Å²) >= 11 is 1.31. The van der Waals surface area contributed by atoms with Crippen LogP contribution >= 0.6 is 32.9 Å². The Morgan fingerprint density at radius 2 is 1.33 bits per heavy atom. The summed E-state index contributed by atoms with van der Waals surface area (Å²) in [5.74, 6) is -10.2. The molecule has 0 spiro atoms. The van der Waals surface area contributed by atoms with Crippen LogP contribution in [-0.4, -0.2) is 230 Å². The van der Waals surface area contributed by atoms with Crippen molar-refractivity contribution in [2.75, 3.05) is 51.6 Å². The highest BCUT2D eigenvalue weighted by Gasteiger charge is 2.38. The number of rotatable bonds is 54. The average molecular weight is 1690 g/mol. The minimum atomic E-state index is -1.72. The van der Waals surface area contributed by atoms with Gasteiger partial charge in [-0.2, -0.15) is 0 Å². The molecule has 35 nitrogen and oxygen atoms in total. The van der Waals surface area contributed by atoms with Gasteiger partial charge in [-0.05, 0) is 132 Å². The molecule has 2 unspecified atom stereocenters. The van der Waals surface area contributed by atoms with Crippen molar-refractivity contribution >= 4 is 116 Å². The van der Waals surface area contributed by atoms with Crippen molar-refractivity contribution in [2.24, 2.45) is 17.8 Å². The van der Waals surface area contributed by atoms with Gasteiger partial charge in [0.1, 0.15) is 48.9 Å². The van der Waals surface area contributed by atoms with E-state index >= 15 is 0 Å². The molecule has 1 saturated heterocycles. The number of piperidine rings is 1. The molecule has 4 rings (SSSR count). The van der Waals surface area contributed by atoms with Crippen LogP contribution in [0.5, 0.6) is 5.75 Å². The number of amides is 12. The third-order valence-corrected chi connectivity index (χ3v) is 22.7. The van der Waals surface area contributed by atoms with E-state index in [9.17, 15) is 87.5 Å². The number of hydrogen-bond acceptors (Lipinski definition) is 22. The van der Waals surface area contributed by atoms with Gasteiger partial charge in [0.2, 0.25) is 35.4 Å². The first-order valence-corrected chi connectivity index (χ1v) is 42.9. The number of thiazole rings is 1. The molecule has 116 heavy (non-hydrogen) atoms. The molecule has 0 saturated carbocycles. The lowest BCUT2D eigenvalue weighted by molar-refractivity contribution is -0.148. The van der Waals surface area contributed by atoms with Crippen molar-refractivity contribution in [3.63, 3.8) is 0 Å². The van der Waals surface area contributed by atoms with Gasteiger partial charge in [0.25, 0.3) is 5.91 Å². The van der Waals surface area contributed by atoms with E-state index in [4.69, 9.17) is 19.6 Å². The maximum atomic E-state index is 14.9. The minimum absolute atomic E-state index is 0.0177. The molecule has 11 atom stereocenters. The summed E-state index contributed by atoms with van der Waals surface area (Å²) in [6.45, 7) is 16.8. The van der Waals surface area contributed by atoms with Gasteiger partial charge in [-0.15, -0.1) is 11.3 Å². The van der Waals surface area contributed by atoms with E-state index in [1.165, 1.54) is 45.1 Å². The Morgan fingerprint density at radius 3 is 1.97 bits per heavy atom. The van der Waals surface area contributed by atoms with Crippen molar-refractivity contribution in [2.45, 2.75) is 245 Å². The third kappa shape index (κ3) is 38.9. The summed E-state index contributed by atoms with van der Waals surface area (Å²) in [4.78, 5) is 188. The third-order valence-electron chi connectivity index (χ3n) is 19.3. The molecular formula is C78H120N14O21S3. The second-order valence-corrected chi connectivity index (χ2v) is 33.1. The number of aromatic hydroxyl groups is 1. The highest BCUT2D eigenvalue weighted by Crippen LogP contribution is 2.26. The van der Waals surface area contributed by atoms with Crippen LogP contribution in [0, 0.1) is 17.8 Å². The van der Waals surface area contributed by atoms with Gasteiger partial charge in [-0.1, -0.05) is 132 Å². The van der Waals surface area contributed by atoms with Gasteiger partial charge < -0.3 is 87.8 Å². The van der Waals surface area contributed by atoms with Crippen LogP contribution < -0.4 is 58.7 Å². The smallest absolute Gasteiger partial charge is 0.426 e. The quantitative estimate of drug-likeness (QED) is 0.0127. The normalized spacial score (nSPS) is 15.3.